The Morgan fingerprint density at radius 3 is 2.58 bits per heavy atom. The van der Waals surface area contributed by atoms with Crippen molar-refractivity contribution in [2.75, 3.05) is 23.3 Å². The molecule has 4 aromatic rings. The zero-order valence-electron chi connectivity index (χ0n) is 19.3. The van der Waals surface area contributed by atoms with Crippen LogP contribution in [0.1, 0.15) is 27.2 Å². The molecule has 5 nitrogen and oxygen atoms in total. The Bertz CT molecular complexity index is 1370. The number of hydrogen-bond acceptors (Lipinski definition) is 4. The first kappa shape index (κ1) is 23.5. The normalized spacial score (nSPS) is 12.9. The monoisotopic (exact) mass is 488 g/mol. The van der Waals surface area contributed by atoms with E-state index in [0.717, 1.165) is 55.0 Å². The van der Waals surface area contributed by atoms with Crippen LogP contribution in [0, 0.1) is 0 Å². The quantitative estimate of drug-likeness (QED) is 0.361. The van der Waals surface area contributed by atoms with Gasteiger partial charge in [-0.25, -0.2) is 0 Å². The van der Waals surface area contributed by atoms with Gasteiger partial charge in [-0.05, 0) is 53.4 Å². The Balaban J connectivity index is 1.36. The molecule has 2 heterocycles. The lowest BCUT2D eigenvalue weighted by atomic mass is 9.96. The van der Waals surface area contributed by atoms with Gasteiger partial charge in [0.1, 0.15) is 0 Å². The molecule has 3 aromatic carbocycles. The molecule has 0 saturated heterocycles. The summed E-state index contributed by atoms with van der Waals surface area (Å²) in [5.74, 6) is -0.586. The van der Waals surface area contributed by atoms with Crippen molar-refractivity contribution in [2.24, 2.45) is 0 Å². The lowest BCUT2D eigenvalue weighted by Crippen LogP contribution is -2.23. The number of rotatable bonds is 6. The smallest absolute Gasteiger partial charge is 0.371 e. The summed E-state index contributed by atoms with van der Waals surface area (Å²) >= 11 is 0. The second-order valence-electron chi connectivity index (χ2n) is 8.61. The van der Waals surface area contributed by atoms with Gasteiger partial charge in [-0.15, -0.1) is 0 Å². The van der Waals surface area contributed by atoms with Gasteiger partial charge in [0.15, 0.2) is 0 Å². The van der Waals surface area contributed by atoms with E-state index in [1.807, 2.05) is 18.2 Å². The minimum atomic E-state index is -4.55. The van der Waals surface area contributed by atoms with Gasteiger partial charge in [0.05, 0.1) is 11.3 Å². The Morgan fingerprint density at radius 1 is 1.00 bits per heavy atom. The molecule has 1 amide bonds. The molecule has 1 aliphatic rings. The molecule has 0 spiro atoms. The van der Waals surface area contributed by atoms with E-state index in [-0.39, 0.29) is 5.56 Å². The fourth-order valence-electron chi connectivity index (χ4n) is 4.47. The Hall–Kier alpha value is -4.20. The largest absolute Gasteiger partial charge is 0.416 e. The zero-order valence-corrected chi connectivity index (χ0v) is 19.3. The van der Waals surface area contributed by atoms with Gasteiger partial charge in [0, 0.05) is 55.0 Å². The third kappa shape index (κ3) is 5.07. The second kappa shape index (κ2) is 9.81. The molecule has 0 fully saturated rings. The molecule has 36 heavy (non-hydrogen) atoms. The van der Waals surface area contributed by atoms with Crippen LogP contribution >= 0.6 is 0 Å². The Labute approximate surface area is 206 Å². The van der Waals surface area contributed by atoms with Crippen molar-refractivity contribution < 1.29 is 18.0 Å². The Morgan fingerprint density at radius 2 is 1.83 bits per heavy atom. The molecule has 0 atom stereocenters. The van der Waals surface area contributed by atoms with Crippen LogP contribution in [0.5, 0.6) is 0 Å². The van der Waals surface area contributed by atoms with E-state index in [9.17, 15) is 18.0 Å². The molecule has 8 heteroatoms. The lowest BCUT2D eigenvalue weighted by molar-refractivity contribution is -0.137. The molecular formula is C28H23F3N4O. The van der Waals surface area contributed by atoms with Crippen molar-refractivity contribution in [3.8, 4) is 11.1 Å². The summed E-state index contributed by atoms with van der Waals surface area (Å²) in [4.78, 5) is 23.9. The summed E-state index contributed by atoms with van der Waals surface area (Å²) in [5, 5.41) is 2.81. The minimum Gasteiger partial charge on any atom is -0.371 e. The van der Waals surface area contributed by atoms with Gasteiger partial charge in [-0.2, -0.15) is 13.2 Å². The second-order valence-corrected chi connectivity index (χ2v) is 8.61. The van der Waals surface area contributed by atoms with Crippen LogP contribution in [0.25, 0.3) is 11.1 Å². The molecule has 1 N–H and O–H groups in total. The first-order valence-corrected chi connectivity index (χ1v) is 11.6. The fourth-order valence-corrected chi connectivity index (χ4v) is 4.47. The topological polar surface area (TPSA) is 58.1 Å². The first-order valence-electron chi connectivity index (χ1n) is 11.6. The highest BCUT2D eigenvalue weighted by Gasteiger charge is 2.32. The van der Waals surface area contributed by atoms with Crippen molar-refractivity contribution in [3.05, 3.63) is 108 Å². The van der Waals surface area contributed by atoms with Crippen LogP contribution in [0.15, 0.2) is 85.3 Å². The van der Waals surface area contributed by atoms with Gasteiger partial charge in [-0.3, -0.25) is 14.8 Å². The summed E-state index contributed by atoms with van der Waals surface area (Å²) in [7, 11) is 0. The number of nitrogens with one attached hydrogen (secondary N) is 1. The fraction of sp³-hybridized carbons (Fsp3) is 0.179. The summed E-state index contributed by atoms with van der Waals surface area (Å²) < 4.78 is 40.2. The molecule has 0 unspecified atom stereocenters. The van der Waals surface area contributed by atoms with Crippen molar-refractivity contribution in [1.29, 1.82) is 0 Å². The Kier molecular flexibility index (Phi) is 6.41. The van der Waals surface area contributed by atoms with E-state index in [4.69, 9.17) is 0 Å². The summed E-state index contributed by atoms with van der Waals surface area (Å²) in [5.41, 5.74) is 3.86. The number of alkyl halides is 3. The van der Waals surface area contributed by atoms with Crippen molar-refractivity contribution >= 4 is 17.3 Å². The standard InChI is InChI=1S/C28H23F3N4O/c29-28(30,31)21-6-8-24(19-4-2-1-3-5-19)25(17-21)27(36)34-22-7-9-26-20(16-22)10-14-35(26)15-11-23-18-32-12-13-33-23/h1-9,12-13,16-18H,10-11,14-15H2,(H,34,36). The van der Waals surface area contributed by atoms with Crippen LogP contribution in [0.3, 0.4) is 0 Å². The van der Waals surface area contributed by atoms with E-state index >= 15 is 0 Å². The van der Waals surface area contributed by atoms with E-state index in [1.165, 1.54) is 6.07 Å². The number of carbonyl (C=O) groups excluding carboxylic acids is 1. The van der Waals surface area contributed by atoms with E-state index < -0.39 is 17.6 Å². The van der Waals surface area contributed by atoms with Gasteiger partial charge in [0.2, 0.25) is 0 Å². The lowest BCUT2D eigenvalue weighted by Gasteiger charge is -2.19. The number of anilines is 2. The highest BCUT2D eigenvalue weighted by Crippen LogP contribution is 2.35. The van der Waals surface area contributed by atoms with Gasteiger partial charge in [0.25, 0.3) is 5.91 Å². The van der Waals surface area contributed by atoms with Crippen LogP contribution < -0.4 is 10.2 Å². The van der Waals surface area contributed by atoms with Crippen molar-refractivity contribution in [2.45, 2.75) is 19.0 Å². The van der Waals surface area contributed by atoms with E-state index in [2.05, 4.69) is 20.2 Å². The number of amides is 1. The SMILES string of the molecule is O=C(Nc1ccc2c(c1)CCN2CCc1cnccn1)c1cc(C(F)(F)F)ccc1-c1ccccc1. The maximum absolute atomic E-state index is 13.4. The number of nitrogens with zero attached hydrogens (tertiary/aromatic N) is 3. The van der Waals surface area contributed by atoms with E-state index in [1.54, 1.807) is 48.9 Å². The maximum atomic E-state index is 13.4. The van der Waals surface area contributed by atoms with Crippen LogP contribution in [-0.4, -0.2) is 29.0 Å². The maximum Gasteiger partial charge on any atom is 0.416 e. The molecule has 0 saturated carbocycles. The highest BCUT2D eigenvalue weighted by molar-refractivity contribution is 6.09. The number of aromatic nitrogens is 2. The number of fused-ring (bicyclic) bond motifs is 1. The molecular weight excluding hydrogens is 465 g/mol. The summed E-state index contributed by atoms with van der Waals surface area (Å²) in [6.45, 7) is 1.64. The third-order valence-corrected chi connectivity index (χ3v) is 6.26. The predicted molar refractivity (Wildman–Crippen MR) is 133 cm³/mol. The summed E-state index contributed by atoms with van der Waals surface area (Å²) in [6, 6.07) is 17.8. The highest BCUT2D eigenvalue weighted by atomic mass is 19.4. The van der Waals surface area contributed by atoms with Crippen molar-refractivity contribution in [3.63, 3.8) is 0 Å². The molecule has 0 bridgehead atoms. The minimum absolute atomic E-state index is 0.0258. The molecule has 182 valence electrons. The van der Waals surface area contributed by atoms with Crippen LogP contribution in [0.4, 0.5) is 24.5 Å². The average Bonchev–Trinajstić information content (AvgIpc) is 3.30. The number of hydrogen-bond donors (Lipinski definition) is 1. The molecule has 5 rings (SSSR count). The number of halogens is 3. The van der Waals surface area contributed by atoms with Gasteiger partial charge < -0.3 is 10.2 Å². The van der Waals surface area contributed by atoms with Crippen molar-refractivity contribution in [1.82, 2.24) is 9.97 Å². The summed E-state index contributed by atoms with van der Waals surface area (Å²) in [6.07, 6.45) is 2.12. The molecule has 1 aliphatic heterocycles. The third-order valence-electron chi connectivity index (χ3n) is 6.26. The van der Waals surface area contributed by atoms with E-state index in [0.29, 0.717) is 16.8 Å². The molecule has 0 aliphatic carbocycles. The number of carbonyl (C=O) groups is 1. The van der Waals surface area contributed by atoms with Crippen LogP contribution in [0.2, 0.25) is 0 Å². The first-order chi connectivity index (χ1) is 17.4. The predicted octanol–water partition coefficient (Wildman–Crippen LogP) is 6.02. The molecule has 1 aromatic heterocycles. The number of benzene rings is 3. The van der Waals surface area contributed by atoms with Crippen LogP contribution in [-0.2, 0) is 19.0 Å². The zero-order chi connectivity index (χ0) is 25.1. The molecule has 0 radical (unpaired) electrons. The average molecular weight is 489 g/mol. The van der Waals surface area contributed by atoms with Gasteiger partial charge in [-0.1, -0.05) is 36.4 Å². The van der Waals surface area contributed by atoms with Gasteiger partial charge >= 0.3 is 6.18 Å².